The van der Waals surface area contributed by atoms with E-state index in [2.05, 4.69) is 0 Å². The van der Waals surface area contributed by atoms with Gasteiger partial charge in [-0.2, -0.15) is 0 Å². The Hall–Kier alpha value is -2.81. The second kappa shape index (κ2) is 8.16. The van der Waals surface area contributed by atoms with Crippen LogP contribution >= 0.6 is 0 Å². The smallest absolute Gasteiger partial charge is 0.323 e. The molecule has 24 heavy (non-hydrogen) atoms. The Bertz CT molecular complexity index is 614. The highest BCUT2D eigenvalue weighted by molar-refractivity contribution is 6.34. The van der Waals surface area contributed by atoms with Crippen LogP contribution in [0.1, 0.15) is 0 Å². The third-order valence-electron chi connectivity index (χ3n) is 3.67. The molecule has 1 aromatic carbocycles. The molecule has 0 radical (unpaired) electrons. The number of nitrogens with one attached hydrogen (secondary N) is 1. The second-order valence-electron chi connectivity index (χ2n) is 5.09. The molecule has 1 aliphatic rings. The standard InChI is InChI=1S/C15H20N4O5/c1-23-11-4-2-3-5-12(11)24-10-13(20)18-6-8-19(9-7-18)15(22)14(21)17-16/h2-5H,6-10,16H2,1H3,(H,17,21). The van der Waals surface area contributed by atoms with Crippen LogP contribution in [-0.4, -0.2) is 67.4 Å². The first kappa shape index (κ1) is 17.5. The zero-order valence-electron chi connectivity index (χ0n) is 13.4. The lowest BCUT2D eigenvalue weighted by Gasteiger charge is -2.34. The van der Waals surface area contributed by atoms with Crippen molar-refractivity contribution in [2.24, 2.45) is 5.84 Å². The van der Waals surface area contributed by atoms with Gasteiger partial charge in [-0.05, 0) is 12.1 Å². The van der Waals surface area contributed by atoms with E-state index in [9.17, 15) is 14.4 Å². The highest BCUT2D eigenvalue weighted by atomic mass is 16.5. The Labute approximate surface area is 139 Å². The molecule has 1 aromatic rings. The molecule has 0 unspecified atom stereocenters. The van der Waals surface area contributed by atoms with Gasteiger partial charge in [0.15, 0.2) is 18.1 Å². The molecule has 1 saturated heterocycles. The minimum absolute atomic E-state index is 0.127. The number of carbonyl (C=O) groups excluding carboxylic acids is 3. The molecule has 3 N–H and O–H groups in total. The monoisotopic (exact) mass is 336 g/mol. The Morgan fingerprint density at radius 3 is 2.25 bits per heavy atom. The summed E-state index contributed by atoms with van der Waals surface area (Å²) >= 11 is 0. The molecule has 0 saturated carbocycles. The van der Waals surface area contributed by atoms with Gasteiger partial charge in [-0.25, -0.2) is 5.84 Å². The lowest BCUT2D eigenvalue weighted by Crippen LogP contribution is -2.55. The average Bonchev–Trinajstić information content (AvgIpc) is 2.65. The third kappa shape index (κ3) is 4.13. The highest BCUT2D eigenvalue weighted by Gasteiger charge is 2.27. The van der Waals surface area contributed by atoms with Crippen LogP contribution in [0.4, 0.5) is 0 Å². The number of piperazine rings is 1. The first-order valence-electron chi connectivity index (χ1n) is 7.40. The van der Waals surface area contributed by atoms with Crippen LogP contribution in [0, 0.1) is 0 Å². The van der Waals surface area contributed by atoms with Crippen LogP contribution in [0.15, 0.2) is 24.3 Å². The van der Waals surface area contributed by atoms with Crippen molar-refractivity contribution < 1.29 is 23.9 Å². The van der Waals surface area contributed by atoms with E-state index < -0.39 is 11.8 Å². The molecule has 130 valence electrons. The number of rotatable bonds is 4. The van der Waals surface area contributed by atoms with Crippen molar-refractivity contribution in [3.05, 3.63) is 24.3 Å². The third-order valence-corrected chi connectivity index (χ3v) is 3.67. The Morgan fingerprint density at radius 1 is 1.08 bits per heavy atom. The number of ether oxygens (including phenoxy) is 2. The molecule has 2 rings (SSSR count). The number of hydrazine groups is 1. The zero-order chi connectivity index (χ0) is 17.5. The van der Waals surface area contributed by atoms with E-state index in [0.717, 1.165) is 0 Å². The van der Waals surface area contributed by atoms with E-state index in [-0.39, 0.29) is 25.6 Å². The van der Waals surface area contributed by atoms with Crippen molar-refractivity contribution in [3.8, 4) is 11.5 Å². The van der Waals surface area contributed by atoms with E-state index in [4.69, 9.17) is 15.3 Å². The van der Waals surface area contributed by atoms with Gasteiger partial charge in [0, 0.05) is 26.2 Å². The van der Waals surface area contributed by atoms with Gasteiger partial charge in [-0.3, -0.25) is 19.8 Å². The second-order valence-corrected chi connectivity index (χ2v) is 5.09. The lowest BCUT2D eigenvalue weighted by molar-refractivity contribution is -0.148. The molecule has 0 aliphatic carbocycles. The molecule has 0 atom stereocenters. The molecule has 1 heterocycles. The topological polar surface area (TPSA) is 114 Å². The number of nitrogens with zero attached hydrogens (tertiary/aromatic N) is 2. The van der Waals surface area contributed by atoms with Crippen LogP contribution < -0.4 is 20.7 Å². The van der Waals surface area contributed by atoms with Crippen LogP contribution in [0.3, 0.4) is 0 Å². The summed E-state index contributed by atoms with van der Waals surface area (Å²) in [4.78, 5) is 38.0. The van der Waals surface area contributed by atoms with Crippen molar-refractivity contribution in [2.45, 2.75) is 0 Å². The predicted octanol–water partition coefficient (Wildman–Crippen LogP) is -1.27. The van der Waals surface area contributed by atoms with E-state index in [1.165, 1.54) is 12.0 Å². The Balaban J connectivity index is 1.83. The summed E-state index contributed by atoms with van der Waals surface area (Å²) in [5.41, 5.74) is 1.80. The van der Waals surface area contributed by atoms with Crippen molar-refractivity contribution >= 4 is 17.7 Å². The maximum absolute atomic E-state index is 12.2. The van der Waals surface area contributed by atoms with E-state index >= 15 is 0 Å². The minimum atomic E-state index is -0.866. The summed E-state index contributed by atoms with van der Waals surface area (Å²) in [6, 6.07) is 7.05. The summed E-state index contributed by atoms with van der Waals surface area (Å²) < 4.78 is 10.6. The summed E-state index contributed by atoms with van der Waals surface area (Å²) in [6.07, 6.45) is 0. The SMILES string of the molecule is COc1ccccc1OCC(=O)N1CCN(C(=O)C(=O)NN)CC1. The molecule has 9 nitrogen and oxygen atoms in total. The van der Waals surface area contributed by atoms with E-state index in [1.807, 2.05) is 0 Å². The average molecular weight is 336 g/mol. The van der Waals surface area contributed by atoms with Crippen LogP contribution in [0.25, 0.3) is 0 Å². The van der Waals surface area contributed by atoms with Crippen LogP contribution in [0.5, 0.6) is 11.5 Å². The molecule has 0 aromatic heterocycles. The maximum atomic E-state index is 12.2. The molecular weight excluding hydrogens is 316 g/mol. The number of hydrogen-bond donors (Lipinski definition) is 2. The van der Waals surface area contributed by atoms with Gasteiger partial charge in [0.25, 0.3) is 5.91 Å². The molecule has 3 amide bonds. The summed E-state index contributed by atoms with van der Waals surface area (Å²) in [6.45, 7) is 1.08. The van der Waals surface area contributed by atoms with E-state index in [0.29, 0.717) is 24.6 Å². The number of benzene rings is 1. The van der Waals surface area contributed by atoms with Gasteiger partial charge < -0.3 is 19.3 Å². The predicted molar refractivity (Wildman–Crippen MR) is 84.0 cm³/mol. The first-order chi connectivity index (χ1) is 11.6. The molecule has 9 heteroatoms. The lowest BCUT2D eigenvalue weighted by atomic mass is 10.3. The van der Waals surface area contributed by atoms with Crippen molar-refractivity contribution in [1.82, 2.24) is 15.2 Å². The number of methoxy groups -OCH3 is 1. The fourth-order valence-corrected chi connectivity index (χ4v) is 2.33. The number of hydrogen-bond acceptors (Lipinski definition) is 6. The molecule has 0 bridgehead atoms. The molecule has 0 spiro atoms. The van der Waals surface area contributed by atoms with Gasteiger partial charge >= 0.3 is 11.8 Å². The quantitative estimate of drug-likeness (QED) is 0.307. The summed E-state index contributed by atoms with van der Waals surface area (Å²) in [5.74, 6) is 4.21. The van der Waals surface area contributed by atoms with Crippen molar-refractivity contribution in [1.29, 1.82) is 0 Å². The largest absolute Gasteiger partial charge is 0.493 e. The number of amides is 3. The summed E-state index contributed by atoms with van der Waals surface area (Å²) in [5, 5.41) is 0. The fraction of sp³-hybridized carbons (Fsp3) is 0.400. The Kier molecular flexibility index (Phi) is 5.96. The highest BCUT2D eigenvalue weighted by Crippen LogP contribution is 2.25. The van der Waals surface area contributed by atoms with Crippen molar-refractivity contribution in [3.63, 3.8) is 0 Å². The number of nitrogens with two attached hydrogens (primary N) is 1. The zero-order valence-corrected chi connectivity index (χ0v) is 13.4. The Morgan fingerprint density at radius 2 is 1.67 bits per heavy atom. The van der Waals surface area contributed by atoms with Gasteiger partial charge in [-0.15, -0.1) is 0 Å². The maximum Gasteiger partial charge on any atom is 0.323 e. The van der Waals surface area contributed by atoms with Crippen LogP contribution in [-0.2, 0) is 14.4 Å². The molecule has 1 aliphatic heterocycles. The summed E-state index contributed by atoms with van der Waals surface area (Å²) in [7, 11) is 1.53. The molecule has 1 fully saturated rings. The normalized spacial score (nSPS) is 14.1. The van der Waals surface area contributed by atoms with E-state index in [1.54, 1.807) is 34.6 Å². The van der Waals surface area contributed by atoms with Gasteiger partial charge in [0.2, 0.25) is 0 Å². The van der Waals surface area contributed by atoms with Crippen LogP contribution in [0.2, 0.25) is 0 Å². The van der Waals surface area contributed by atoms with Gasteiger partial charge in [0.05, 0.1) is 7.11 Å². The minimum Gasteiger partial charge on any atom is -0.493 e. The van der Waals surface area contributed by atoms with Gasteiger partial charge in [0.1, 0.15) is 0 Å². The fourth-order valence-electron chi connectivity index (χ4n) is 2.33. The number of carbonyl (C=O) groups is 3. The van der Waals surface area contributed by atoms with Gasteiger partial charge in [-0.1, -0.05) is 12.1 Å². The van der Waals surface area contributed by atoms with Crippen molar-refractivity contribution in [2.75, 3.05) is 39.9 Å². The number of para-hydroxylation sites is 2. The molecular formula is C15H20N4O5. The first-order valence-corrected chi connectivity index (χ1v) is 7.40.